The molecule has 1 saturated carbocycles. The topological polar surface area (TPSA) is 222 Å². The zero-order chi connectivity index (χ0) is 63.7. The fourth-order valence-electron chi connectivity index (χ4n) is 12.8. The summed E-state index contributed by atoms with van der Waals surface area (Å²) in [6.45, 7) is 13.0. The van der Waals surface area contributed by atoms with Crippen molar-refractivity contribution in [2.24, 2.45) is 16.2 Å². The maximum atomic E-state index is 14.5. The highest BCUT2D eigenvalue weighted by Gasteiger charge is 2.38. The summed E-state index contributed by atoms with van der Waals surface area (Å²) >= 11 is 0. The molecule has 9 aromatic heterocycles. The van der Waals surface area contributed by atoms with Crippen LogP contribution in [0.2, 0.25) is 0 Å². The molecule has 2 aromatic carbocycles. The van der Waals surface area contributed by atoms with Crippen molar-refractivity contribution >= 4 is 27.7 Å². The van der Waals surface area contributed by atoms with Crippen LogP contribution in [0.25, 0.3) is 89.5 Å². The third-order valence-corrected chi connectivity index (χ3v) is 17.1. The molecule has 13 rings (SSSR count). The number of hydrogen-bond donors (Lipinski definition) is 0. The molecule has 0 bridgehead atoms. The van der Waals surface area contributed by atoms with E-state index in [9.17, 15) is 27.6 Å². The molecule has 0 saturated heterocycles. The number of halogens is 4. The van der Waals surface area contributed by atoms with Gasteiger partial charge in [-0.1, -0.05) is 65.8 Å². The van der Waals surface area contributed by atoms with E-state index >= 15 is 0 Å². The first-order chi connectivity index (χ1) is 43.6. The zero-order valence-electron chi connectivity index (χ0n) is 51.3. The predicted octanol–water partition coefficient (Wildman–Crippen LogP) is 16.0. The molecule has 460 valence electrons. The lowest BCUT2D eigenvalue weighted by molar-refractivity contribution is 0.0816. The maximum absolute atomic E-state index is 14.5. The Labute approximate surface area is 521 Å². The van der Waals surface area contributed by atoms with Crippen molar-refractivity contribution in [3.05, 3.63) is 173 Å². The van der Waals surface area contributed by atoms with E-state index in [4.69, 9.17) is 32.9 Å². The fourth-order valence-corrected chi connectivity index (χ4v) is 12.8. The summed E-state index contributed by atoms with van der Waals surface area (Å²) in [6, 6.07) is 26.3. The molecule has 91 heavy (non-hydrogen) atoms. The first-order valence-corrected chi connectivity index (χ1v) is 29.9. The molecule has 0 spiro atoms. The van der Waals surface area contributed by atoms with Gasteiger partial charge in [-0.2, -0.15) is 5.26 Å². The van der Waals surface area contributed by atoms with Gasteiger partial charge < -0.3 is 22.9 Å². The van der Waals surface area contributed by atoms with Crippen molar-refractivity contribution in [3.8, 4) is 79.7 Å². The molecule has 1 aliphatic heterocycles. The van der Waals surface area contributed by atoms with Gasteiger partial charge in [0, 0.05) is 88.4 Å². The van der Waals surface area contributed by atoms with E-state index in [1.54, 1.807) is 79.3 Å². The maximum Gasteiger partial charge on any atom is 0.280 e. The minimum Gasteiger partial charge on any atom is -0.480 e. The summed E-state index contributed by atoms with van der Waals surface area (Å²) in [5, 5.41) is 20.4. The second kappa shape index (κ2) is 23.4. The van der Waals surface area contributed by atoms with Gasteiger partial charge in [-0.05, 0) is 114 Å². The molecule has 0 N–H and O–H groups in total. The number of amides is 1. The van der Waals surface area contributed by atoms with Crippen LogP contribution in [0.3, 0.4) is 0 Å². The molecule has 0 radical (unpaired) electrons. The monoisotopic (exact) mass is 1230 g/mol. The molecular formula is C70H62F4N12O5. The van der Waals surface area contributed by atoms with Crippen LogP contribution < -0.4 is 4.74 Å². The number of nitrogens with zero attached hydrogens (tertiary/aromatic N) is 12. The highest BCUT2D eigenvalue weighted by atomic mass is 19.3. The number of fused-ring (bicyclic) bond motifs is 3. The number of methoxy groups -OCH3 is 1. The number of nitriles is 1. The molecule has 11 aromatic rings. The molecule has 2 aliphatic rings. The number of oxazole rings is 3. The number of ether oxygens (including phenoxy) is 1. The molecule has 2 atom stereocenters. The average molecular weight is 1230 g/mol. The minimum atomic E-state index is -2.84. The number of pyridine rings is 5. The SMILES string of the molecule is COc1nnc2cc(-c3nc(C(F)F)ccc3-c3cnc(CC(C)(C)C)o3)ccc2c1CC(C)(C)Cc1ncc(-c2ccc(C(F)F)nc2-c2ccc3c(C4CCC(C)(Cc5ncc(-c6ccc(C#N)nc6-c6cnc7c(c6)C(=O)N(C)C7)o5)C4)ccnc3c2)o1. The Hall–Kier alpha value is -10.1. The number of carbonyl (C=O) groups excluding carboxylic acids is 1. The minimum absolute atomic E-state index is 0.0970. The second-order valence-corrected chi connectivity index (χ2v) is 26.0. The van der Waals surface area contributed by atoms with Gasteiger partial charge >= 0.3 is 0 Å². The molecule has 1 fully saturated rings. The Balaban J connectivity index is 0.729. The molecule has 1 aliphatic carbocycles. The Morgan fingerprint density at radius 2 is 1.25 bits per heavy atom. The molecule has 21 heteroatoms. The van der Waals surface area contributed by atoms with Gasteiger partial charge in [-0.15, -0.1) is 10.2 Å². The standard InChI is InChI=1S/C70H62F4N12O5/c1-68(2,3)28-58-78-33-56(89-58)46-15-17-51(65(73)74)83-62(46)38-10-13-44-49(66(88-8)85-84-53(44)25-38)27-69(4,5)29-59-79-34-57(90-59)47-16-18-50(64(71)72)82-61(47)37-9-12-43-42(20-22-76-52(43)24-37)39-19-21-70(6,26-39)30-60-80-35-55(91-60)45-14-11-41(31-75)81-63(45)40-23-48-54(77-32-40)36-86(7)67(48)87/h9-18,20,22-25,32-35,39,64-65H,19,21,26-30,36H2,1-8H3. The highest BCUT2D eigenvalue weighted by Crippen LogP contribution is 2.50. The van der Waals surface area contributed by atoms with Crippen LogP contribution in [-0.2, 0) is 32.2 Å². The number of alkyl halides is 4. The number of hydrogen-bond acceptors (Lipinski definition) is 16. The van der Waals surface area contributed by atoms with E-state index in [0.29, 0.717) is 134 Å². The molecule has 10 heterocycles. The van der Waals surface area contributed by atoms with Crippen LogP contribution in [0.15, 0.2) is 129 Å². The normalized spacial score (nSPS) is 16.0. The van der Waals surface area contributed by atoms with Crippen molar-refractivity contribution < 1.29 is 40.3 Å². The van der Waals surface area contributed by atoms with E-state index in [1.165, 1.54) is 19.2 Å². The summed E-state index contributed by atoms with van der Waals surface area (Å²) in [6.07, 6.45) is 7.19. The van der Waals surface area contributed by atoms with Gasteiger partial charge in [-0.3, -0.25) is 14.8 Å². The second-order valence-electron chi connectivity index (χ2n) is 26.0. The van der Waals surface area contributed by atoms with E-state index in [1.807, 2.05) is 30.3 Å². The third-order valence-electron chi connectivity index (χ3n) is 17.1. The Morgan fingerprint density at radius 1 is 0.659 bits per heavy atom. The van der Waals surface area contributed by atoms with Gasteiger partial charge in [-0.25, -0.2) is 47.5 Å². The zero-order valence-corrected chi connectivity index (χ0v) is 51.3. The van der Waals surface area contributed by atoms with E-state index in [-0.39, 0.29) is 45.4 Å². The molecule has 1 amide bonds. The van der Waals surface area contributed by atoms with Crippen molar-refractivity contribution in [1.29, 1.82) is 5.26 Å². The Kier molecular flexibility index (Phi) is 15.4. The first-order valence-electron chi connectivity index (χ1n) is 29.9. The molecule has 17 nitrogen and oxygen atoms in total. The lowest BCUT2D eigenvalue weighted by atomic mass is 9.82. The molecule has 2 unspecified atom stereocenters. The van der Waals surface area contributed by atoms with Gasteiger partial charge in [0.05, 0.1) is 71.6 Å². The Morgan fingerprint density at radius 3 is 1.88 bits per heavy atom. The van der Waals surface area contributed by atoms with E-state index in [2.05, 4.69) is 88.8 Å². The van der Waals surface area contributed by atoms with Crippen molar-refractivity contribution in [2.75, 3.05) is 14.2 Å². The molecular weight excluding hydrogens is 1160 g/mol. The summed E-state index contributed by atoms with van der Waals surface area (Å²) in [7, 11) is 3.25. The highest BCUT2D eigenvalue weighted by molar-refractivity contribution is 5.99. The largest absolute Gasteiger partial charge is 0.480 e. The summed E-state index contributed by atoms with van der Waals surface area (Å²) in [4.78, 5) is 51.3. The quantitative estimate of drug-likeness (QED) is 0.0773. The lowest BCUT2D eigenvalue weighted by Gasteiger charge is -2.24. The van der Waals surface area contributed by atoms with Crippen LogP contribution in [0.5, 0.6) is 5.88 Å². The van der Waals surface area contributed by atoms with Gasteiger partial charge in [0.25, 0.3) is 18.8 Å². The summed E-state index contributed by atoms with van der Waals surface area (Å²) < 4.78 is 82.2. The van der Waals surface area contributed by atoms with Gasteiger partial charge in [0.15, 0.2) is 35.0 Å². The summed E-state index contributed by atoms with van der Waals surface area (Å²) in [5.74, 6) is 3.08. The van der Waals surface area contributed by atoms with Crippen LogP contribution in [0.1, 0.15) is 142 Å². The van der Waals surface area contributed by atoms with E-state index in [0.717, 1.165) is 41.2 Å². The van der Waals surface area contributed by atoms with Gasteiger partial charge in [0.1, 0.15) is 23.2 Å². The summed E-state index contributed by atoms with van der Waals surface area (Å²) in [5.41, 5.74) is 7.18. The lowest BCUT2D eigenvalue weighted by Crippen LogP contribution is -2.20. The van der Waals surface area contributed by atoms with Crippen LogP contribution in [-0.4, -0.2) is 75.0 Å². The van der Waals surface area contributed by atoms with Crippen molar-refractivity contribution in [1.82, 2.24) is 55.0 Å². The first kappa shape index (κ1) is 59.8. The Bertz CT molecular complexity index is 4700. The van der Waals surface area contributed by atoms with Crippen molar-refractivity contribution in [3.63, 3.8) is 0 Å². The van der Waals surface area contributed by atoms with Crippen LogP contribution >= 0.6 is 0 Å². The van der Waals surface area contributed by atoms with Crippen LogP contribution in [0, 0.1) is 27.6 Å². The van der Waals surface area contributed by atoms with Crippen LogP contribution in [0.4, 0.5) is 17.6 Å². The number of aromatic nitrogens is 10. The average Bonchev–Trinajstić information content (AvgIpc) is 1.81. The number of rotatable bonds is 17. The fraction of sp³-hybridized carbons (Fsp3) is 0.314. The predicted molar refractivity (Wildman–Crippen MR) is 331 cm³/mol. The van der Waals surface area contributed by atoms with Crippen molar-refractivity contribution in [2.45, 2.75) is 112 Å². The van der Waals surface area contributed by atoms with Gasteiger partial charge in [0.2, 0.25) is 5.88 Å². The smallest absolute Gasteiger partial charge is 0.280 e. The third kappa shape index (κ3) is 12.0. The number of carbonyl (C=O) groups is 1. The number of benzene rings is 2. The van der Waals surface area contributed by atoms with E-state index < -0.39 is 24.0 Å².